The lowest BCUT2D eigenvalue weighted by molar-refractivity contribution is -0.128. The number of nitrogens with one attached hydrogen (secondary N) is 2. The molecule has 0 aliphatic carbocycles. The summed E-state index contributed by atoms with van der Waals surface area (Å²) in [5, 5.41) is 9.87. The number of benzene rings is 1. The van der Waals surface area contributed by atoms with Gasteiger partial charge < -0.3 is 20.4 Å². The van der Waals surface area contributed by atoms with Crippen molar-refractivity contribution in [1.82, 2.24) is 24.9 Å². The van der Waals surface area contributed by atoms with Gasteiger partial charge in [-0.05, 0) is 24.1 Å². The Bertz CT molecular complexity index is 970. The van der Waals surface area contributed by atoms with E-state index in [9.17, 15) is 14.4 Å². The highest BCUT2D eigenvalue weighted by Crippen LogP contribution is 2.28. The van der Waals surface area contributed by atoms with E-state index in [2.05, 4.69) is 15.7 Å². The van der Waals surface area contributed by atoms with Gasteiger partial charge in [0.05, 0.1) is 12.7 Å². The number of carbonyl (C=O) groups is 3. The molecule has 9 heteroatoms. The van der Waals surface area contributed by atoms with Crippen LogP contribution in [0.15, 0.2) is 30.6 Å². The predicted molar refractivity (Wildman–Crippen MR) is 117 cm³/mol. The molecule has 2 heterocycles. The third-order valence-electron chi connectivity index (χ3n) is 5.48. The van der Waals surface area contributed by atoms with Gasteiger partial charge in [-0.2, -0.15) is 5.10 Å². The molecule has 1 atom stereocenters. The maximum atomic E-state index is 13.0. The Hall–Kier alpha value is -3.36. The van der Waals surface area contributed by atoms with Gasteiger partial charge in [0.15, 0.2) is 0 Å². The lowest BCUT2D eigenvalue weighted by atomic mass is 10.1. The van der Waals surface area contributed by atoms with Crippen LogP contribution in [0.2, 0.25) is 0 Å². The zero-order valence-electron chi connectivity index (χ0n) is 18.5. The van der Waals surface area contributed by atoms with Crippen LogP contribution < -0.4 is 10.6 Å². The summed E-state index contributed by atoms with van der Waals surface area (Å²) in [6.45, 7) is 3.00. The van der Waals surface area contributed by atoms with Crippen molar-refractivity contribution in [3.05, 3.63) is 47.3 Å². The number of nitrogens with zero attached hydrogens (tertiary/aromatic N) is 4. The summed E-state index contributed by atoms with van der Waals surface area (Å²) < 4.78 is 1.70. The van der Waals surface area contributed by atoms with Gasteiger partial charge in [0.1, 0.15) is 6.04 Å². The molecule has 0 spiro atoms. The summed E-state index contributed by atoms with van der Waals surface area (Å²) >= 11 is 0. The second-order valence-electron chi connectivity index (χ2n) is 7.85. The normalized spacial score (nSPS) is 13.7. The second kappa shape index (κ2) is 9.63. The van der Waals surface area contributed by atoms with Crippen LogP contribution in [0.25, 0.3) is 0 Å². The molecule has 2 N–H and O–H groups in total. The van der Waals surface area contributed by atoms with E-state index in [1.807, 2.05) is 32.3 Å². The van der Waals surface area contributed by atoms with Crippen LogP contribution in [0.5, 0.6) is 0 Å². The standard InChI is InChI=1S/C22H30N6O3/c1-5-6-19(21(30)23-2)28-14-16-7-8-17(9-18(16)22(28)31)24-11-20(29)26(3)12-15-10-25-27(4)13-15/h7-10,13,19,24H,5-6,11-12,14H2,1-4H3,(H,23,30). The fourth-order valence-electron chi connectivity index (χ4n) is 3.78. The number of amides is 3. The van der Waals surface area contributed by atoms with Crippen LogP contribution in [0, 0.1) is 0 Å². The van der Waals surface area contributed by atoms with E-state index >= 15 is 0 Å². The largest absolute Gasteiger partial charge is 0.376 e. The van der Waals surface area contributed by atoms with Gasteiger partial charge in [-0.25, -0.2) is 0 Å². The Labute approximate surface area is 182 Å². The molecule has 31 heavy (non-hydrogen) atoms. The van der Waals surface area contributed by atoms with Crippen molar-refractivity contribution in [3.63, 3.8) is 0 Å². The fourth-order valence-corrected chi connectivity index (χ4v) is 3.78. The van der Waals surface area contributed by atoms with E-state index < -0.39 is 6.04 Å². The van der Waals surface area contributed by atoms with Crippen molar-refractivity contribution in [1.29, 1.82) is 0 Å². The molecule has 0 radical (unpaired) electrons. The molecular weight excluding hydrogens is 396 g/mol. The molecule has 1 aliphatic rings. The third-order valence-corrected chi connectivity index (χ3v) is 5.48. The first-order chi connectivity index (χ1) is 14.8. The van der Waals surface area contributed by atoms with Crippen molar-refractivity contribution in [3.8, 4) is 0 Å². The average Bonchev–Trinajstić information content (AvgIpc) is 3.32. The third kappa shape index (κ3) is 5.04. The first kappa shape index (κ1) is 22.3. The minimum absolute atomic E-state index is 0.0695. The van der Waals surface area contributed by atoms with E-state index in [-0.39, 0.29) is 24.3 Å². The fraction of sp³-hybridized carbons (Fsp3) is 0.455. The van der Waals surface area contributed by atoms with Crippen LogP contribution in [-0.4, -0.2) is 64.0 Å². The molecular formula is C22H30N6O3. The maximum Gasteiger partial charge on any atom is 0.255 e. The number of aromatic nitrogens is 2. The lowest BCUT2D eigenvalue weighted by Gasteiger charge is -2.25. The molecule has 9 nitrogen and oxygen atoms in total. The molecule has 1 aromatic carbocycles. The summed E-state index contributed by atoms with van der Waals surface area (Å²) in [7, 11) is 5.17. The number of aryl methyl sites for hydroxylation is 1. The Morgan fingerprint density at radius 1 is 1.32 bits per heavy atom. The van der Waals surface area contributed by atoms with Gasteiger partial charge in [-0.3, -0.25) is 19.1 Å². The Morgan fingerprint density at radius 3 is 2.74 bits per heavy atom. The van der Waals surface area contributed by atoms with Crippen LogP contribution in [0.1, 0.15) is 41.3 Å². The van der Waals surface area contributed by atoms with Crippen molar-refractivity contribution < 1.29 is 14.4 Å². The van der Waals surface area contributed by atoms with Crippen LogP contribution >= 0.6 is 0 Å². The molecule has 0 saturated heterocycles. The Morgan fingerprint density at radius 2 is 2.10 bits per heavy atom. The molecule has 1 unspecified atom stereocenters. The molecule has 3 rings (SSSR count). The van der Waals surface area contributed by atoms with E-state index in [4.69, 9.17) is 0 Å². The van der Waals surface area contributed by atoms with Crippen molar-refractivity contribution in [2.75, 3.05) is 26.0 Å². The number of carbonyl (C=O) groups excluding carboxylic acids is 3. The number of fused-ring (bicyclic) bond motifs is 1. The summed E-state index contributed by atoms with van der Waals surface area (Å²) in [6.07, 6.45) is 5.03. The Kier molecular flexibility index (Phi) is 6.94. The summed E-state index contributed by atoms with van der Waals surface area (Å²) in [6, 6.07) is 5.03. The molecule has 1 aromatic heterocycles. The van der Waals surface area contributed by atoms with Crippen molar-refractivity contribution in [2.45, 2.75) is 38.9 Å². The van der Waals surface area contributed by atoms with Gasteiger partial charge in [0.2, 0.25) is 11.8 Å². The molecule has 0 bridgehead atoms. The number of rotatable bonds is 9. The highest BCUT2D eigenvalue weighted by atomic mass is 16.2. The second-order valence-corrected chi connectivity index (χ2v) is 7.85. The minimum atomic E-state index is -0.478. The zero-order chi connectivity index (χ0) is 22.5. The first-order valence-corrected chi connectivity index (χ1v) is 10.4. The summed E-state index contributed by atoms with van der Waals surface area (Å²) in [5.74, 6) is -0.371. The maximum absolute atomic E-state index is 13.0. The van der Waals surface area contributed by atoms with Gasteiger partial charge in [-0.15, -0.1) is 0 Å². The van der Waals surface area contributed by atoms with E-state index in [0.717, 1.165) is 17.5 Å². The molecule has 0 saturated carbocycles. The SMILES string of the molecule is CCCC(C(=O)NC)N1Cc2ccc(NCC(=O)N(C)Cc3cnn(C)c3)cc2C1=O. The number of anilines is 1. The summed E-state index contributed by atoms with van der Waals surface area (Å²) in [4.78, 5) is 41.0. The quantitative estimate of drug-likeness (QED) is 0.631. The van der Waals surface area contributed by atoms with Gasteiger partial charge in [0, 0.05) is 57.2 Å². The van der Waals surface area contributed by atoms with Gasteiger partial charge in [0.25, 0.3) is 5.91 Å². The lowest BCUT2D eigenvalue weighted by Crippen LogP contribution is -2.46. The molecule has 1 aliphatic heterocycles. The number of hydrogen-bond donors (Lipinski definition) is 2. The van der Waals surface area contributed by atoms with Crippen LogP contribution in [0.3, 0.4) is 0 Å². The molecule has 2 aromatic rings. The molecule has 166 valence electrons. The van der Waals surface area contributed by atoms with Crippen LogP contribution in [-0.2, 0) is 29.7 Å². The highest BCUT2D eigenvalue weighted by Gasteiger charge is 2.35. The van der Waals surface area contributed by atoms with E-state index in [1.54, 1.807) is 40.8 Å². The van der Waals surface area contributed by atoms with Gasteiger partial charge >= 0.3 is 0 Å². The van der Waals surface area contributed by atoms with Crippen molar-refractivity contribution >= 4 is 23.4 Å². The predicted octanol–water partition coefficient (Wildman–Crippen LogP) is 1.36. The molecule has 3 amide bonds. The molecule has 0 fully saturated rings. The van der Waals surface area contributed by atoms with Gasteiger partial charge in [-0.1, -0.05) is 19.4 Å². The smallest absolute Gasteiger partial charge is 0.255 e. The van der Waals surface area contributed by atoms with Crippen LogP contribution in [0.4, 0.5) is 5.69 Å². The monoisotopic (exact) mass is 426 g/mol. The average molecular weight is 427 g/mol. The first-order valence-electron chi connectivity index (χ1n) is 10.4. The van der Waals surface area contributed by atoms with Crippen molar-refractivity contribution in [2.24, 2.45) is 7.05 Å². The number of hydrogen-bond acceptors (Lipinski definition) is 5. The summed E-state index contributed by atoms with van der Waals surface area (Å²) in [5.41, 5.74) is 3.12. The van der Waals surface area contributed by atoms with E-state index in [1.165, 1.54) is 0 Å². The topological polar surface area (TPSA) is 99.6 Å². The van der Waals surface area contributed by atoms with E-state index in [0.29, 0.717) is 30.8 Å². The minimum Gasteiger partial charge on any atom is -0.376 e. The Balaban J connectivity index is 1.62. The zero-order valence-corrected chi connectivity index (χ0v) is 18.5. The number of likely N-dealkylation sites (N-methyl/N-ethyl adjacent to an activating group) is 2. The highest BCUT2D eigenvalue weighted by molar-refractivity contribution is 6.02.